The van der Waals surface area contributed by atoms with Crippen LogP contribution in [0.2, 0.25) is 0 Å². The number of hydrogen-bond donors (Lipinski definition) is 0. The first kappa shape index (κ1) is 13.1. The zero-order valence-corrected chi connectivity index (χ0v) is 12.0. The lowest BCUT2D eigenvalue weighted by molar-refractivity contribution is 0.428. The van der Waals surface area contributed by atoms with Crippen LogP contribution in [0.4, 0.5) is 10.2 Å². The summed E-state index contributed by atoms with van der Waals surface area (Å²) in [5.41, 5.74) is 0. The van der Waals surface area contributed by atoms with Crippen molar-refractivity contribution < 1.29 is 4.39 Å². The molecule has 0 radical (unpaired) electrons. The molecular weight excluding hydrogens is 307 g/mol. The van der Waals surface area contributed by atoms with Gasteiger partial charge in [-0.05, 0) is 34.8 Å². The highest BCUT2D eigenvalue weighted by Crippen LogP contribution is 2.30. The molecular formula is C12H15BrClFN2. The van der Waals surface area contributed by atoms with Crippen molar-refractivity contribution in [2.75, 3.05) is 11.9 Å². The Bertz CT molecular complexity index is 402. The Morgan fingerprint density at radius 2 is 2.18 bits per heavy atom. The molecule has 1 aliphatic carbocycles. The number of halogens is 3. The summed E-state index contributed by atoms with van der Waals surface area (Å²) >= 11 is 9.52. The lowest BCUT2D eigenvalue weighted by atomic mass is 9.94. The largest absolute Gasteiger partial charge is 0.353 e. The summed E-state index contributed by atoms with van der Waals surface area (Å²) in [4.78, 5) is 6.01. The third kappa shape index (κ3) is 2.91. The van der Waals surface area contributed by atoms with Crippen molar-refractivity contribution in [3.05, 3.63) is 22.6 Å². The van der Waals surface area contributed by atoms with Gasteiger partial charge in [-0.25, -0.2) is 9.37 Å². The van der Waals surface area contributed by atoms with Crippen LogP contribution < -0.4 is 4.90 Å². The van der Waals surface area contributed by atoms with Crippen LogP contribution in [0.1, 0.15) is 25.7 Å². The van der Waals surface area contributed by atoms with Gasteiger partial charge in [0.05, 0.1) is 5.38 Å². The van der Waals surface area contributed by atoms with Crippen LogP contribution in [-0.4, -0.2) is 23.5 Å². The Balaban J connectivity index is 2.20. The van der Waals surface area contributed by atoms with Gasteiger partial charge in [-0.15, -0.1) is 11.6 Å². The van der Waals surface area contributed by atoms with E-state index in [0.29, 0.717) is 10.3 Å². The summed E-state index contributed by atoms with van der Waals surface area (Å²) in [7, 11) is 1.87. The quantitative estimate of drug-likeness (QED) is 0.766. The molecule has 0 aromatic carbocycles. The fourth-order valence-electron chi connectivity index (χ4n) is 2.33. The molecule has 0 aliphatic heterocycles. The maximum absolute atomic E-state index is 13.8. The smallest absolute Gasteiger partial charge is 0.166 e. The van der Waals surface area contributed by atoms with E-state index < -0.39 is 0 Å². The van der Waals surface area contributed by atoms with Crippen molar-refractivity contribution >= 4 is 33.3 Å². The molecule has 2 nitrogen and oxygen atoms in total. The third-order valence-corrected chi connectivity index (χ3v) is 4.21. The lowest BCUT2D eigenvalue weighted by Gasteiger charge is -2.35. The Morgan fingerprint density at radius 3 is 2.82 bits per heavy atom. The van der Waals surface area contributed by atoms with Gasteiger partial charge in [0.2, 0.25) is 0 Å². The second kappa shape index (κ2) is 5.53. The van der Waals surface area contributed by atoms with E-state index >= 15 is 0 Å². The first-order chi connectivity index (χ1) is 8.09. The molecule has 0 amide bonds. The minimum Gasteiger partial charge on any atom is -0.353 e. The standard InChI is InChI=1S/C12H15BrClFN2/c1-17(11-5-3-2-4-9(11)14)12-10(15)6-8(13)7-16-12/h6-7,9,11H,2-5H2,1H3. The van der Waals surface area contributed by atoms with Gasteiger partial charge in [0, 0.05) is 23.8 Å². The molecule has 1 heterocycles. The summed E-state index contributed by atoms with van der Waals surface area (Å²) in [5.74, 6) is 0.0714. The van der Waals surface area contributed by atoms with Crippen LogP contribution in [0.15, 0.2) is 16.7 Å². The van der Waals surface area contributed by atoms with Crippen LogP contribution in [-0.2, 0) is 0 Å². The van der Waals surface area contributed by atoms with E-state index in [1.165, 1.54) is 6.07 Å². The Hall–Kier alpha value is -0.350. The third-order valence-electron chi connectivity index (χ3n) is 3.27. The average Bonchev–Trinajstić information content (AvgIpc) is 2.29. The topological polar surface area (TPSA) is 16.1 Å². The number of rotatable bonds is 2. The van der Waals surface area contributed by atoms with Crippen molar-refractivity contribution in [2.24, 2.45) is 0 Å². The number of alkyl halides is 1. The van der Waals surface area contributed by atoms with Gasteiger partial charge >= 0.3 is 0 Å². The minimum atomic E-state index is -0.309. The van der Waals surface area contributed by atoms with Crippen molar-refractivity contribution in [2.45, 2.75) is 37.1 Å². The normalized spacial score (nSPS) is 24.7. The van der Waals surface area contributed by atoms with E-state index in [-0.39, 0.29) is 17.2 Å². The first-order valence-corrected chi connectivity index (χ1v) is 7.00. The molecule has 1 fully saturated rings. The van der Waals surface area contributed by atoms with Crippen molar-refractivity contribution in [1.29, 1.82) is 0 Å². The Labute approximate surface area is 114 Å². The van der Waals surface area contributed by atoms with Gasteiger partial charge in [-0.3, -0.25) is 0 Å². The highest BCUT2D eigenvalue weighted by molar-refractivity contribution is 9.10. The monoisotopic (exact) mass is 320 g/mol. The molecule has 0 N–H and O–H groups in total. The van der Waals surface area contributed by atoms with E-state index in [1.807, 2.05) is 11.9 Å². The molecule has 0 bridgehead atoms. The number of aromatic nitrogens is 1. The first-order valence-electron chi connectivity index (χ1n) is 5.77. The minimum absolute atomic E-state index is 0.0820. The molecule has 1 aromatic rings. The van der Waals surface area contributed by atoms with Gasteiger partial charge < -0.3 is 4.90 Å². The molecule has 2 atom stereocenters. The van der Waals surface area contributed by atoms with Crippen molar-refractivity contribution in [3.8, 4) is 0 Å². The molecule has 2 unspecified atom stereocenters. The van der Waals surface area contributed by atoms with E-state index in [9.17, 15) is 4.39 Å². The summed E-state index contributed by atoms with van der Waals surface area (Å²) < 4.78 is 14.5. The van der Waals surface area contributed by atoms with Crippen LogP contribution in [0.25, 0.3) is 0 Å². The van der Waals surface area contributed by atoms with E-state index in [2.05, 4.69) is 20.9 Å². The van der Waals surface area contributed by atoms with Gasteiger partial charge in [0.1, 0.15) is 0 Å². The molecule has 1 saturated carbocycles. The van der Waals surface area contributed by atoms with Gasteiger partial charge in [-0.2, -0.15) is 0 Å². The molecule has 5 heteroatoms. The Morgan fingerprint density at radius 1 is 1.47 bits per heavy atom. The number of hydrogen-bond acceptors (Lipinski definition) is 2. The fourth-order valence-corrected chi connectivity index (χ4v) is 3.08. The van der Waals surface area contributed by atoms with E-state index in [1.54, 1.807) is 6.20 Å². The second-order valence-electron chi connectivity index (χ2n) is 4.44. The predicted molar refractivity (Wildman–Crippen MR) is 72.2 cm³/mol. The molecule has 94 valence electrons. The summed E-state index contributed by atoms with van der Waals surface area (Å²) in [5, 5.41) is 0.0820. The zero-order valence-electron chi connectivity index (χ0n) is 9.67. The predicted octanol–water partition coefficient (Wildman–Crippen LogP) is 3.97. The van der Waals surface area contributed by atoms with E-state index in [4.69, 9.17) is 11.6 Å². The summed E-state index contributed by atoms with van der Waals surface area (Å²) in [6, 6.07) is 1.61. The van der Waals surface area contributed by atoms with Crippen molar-refractivity contribution in [3.63, 3.8) is 0 Å². The second-order valence-corrected chi connectivity index (χ2v) is 5.91. The Kier molecular flexibility index (Phi) is 4.26. The molecule has 0 saturated heterocycles. The molecule has 17 heavy (non-hydrogen) atoms. The van der Waals surface area contributed by atoms with Gasteiger partial charge in [0.15, 0.2) is 11.6 Å². The number of nitrogens with zero attached hydrogens (tertiary/aromatic N) is 2. The average molecular weight is 322 g/mol. The highest BCUT2D eigenvalue weighted by atomic mass is 79.9. The molecule has 1 aromatic heterocycles. The van der Waals surface area contributed by atoms with Crippen LogP contribution in [0, 0.1) is 5.82 Å². The maximum atomic E-state index is 13.8. The summed E-state index contributed by atoms with van der Waals surface area (Å²) in [6.07, 6.45) is 5.92. The number of anilines is 1. The molecule has 2 rings (SSSR count). The van der Waals surface area contributed by atoms with Crippen molar-refractivity contribution in [1.82, 2.24) is 4.98 Å². The van der Waals surface area contributed by atoms with Gasteiger partial charge in [0.25, 0.3) is 0 Å². The van der Waals surface area contributed by atoms with E-state index in [0.717, 1.165) is 25.7 Å². The fraction of sp³-hybridized carbons (Fsp3) is 0.583. The van der Waals surface area contributed by atoms with Crippen LogP contribution in [0.3, 0.4) is 0 Å². The highest BCUT2D eigenvalue weighted by Gasteiger charge is 2.28. The number of pyridine rings is 1. The zero-order chi connectivity index (χ0) is 12.4. The maximum Gasteiger partial charge on any atom is 0.166 e. The van der Waals surface area contributed by atoms with Crippen LogP contribution >= 0.6 is 27.5 Å². The SMILES string of the molecule is CN(c1ncc(Br)cc1F)C1CCCCC1Cl. The van der Waals surface area contributed by atoms with Crippen LogP contribution in [0.5, 0.6) is 0 Å². The molecule has 1 aliphatic rings. The lowest BCUT2D eigenvalue weighted by Crippen LogP contribution is -2.41. The molecule has 0 spiro atoms. The summed E-state index contributed by atoms with van der Waals surface area (Å²) in [6.45, 7) is 0. The van der Waals surface area contributed by atoms with Gasteiger partial charge in [-0.1, -0.05) is 12.8 Å².